The van der Waals surface area contributed by atoms with E-state index in [-0.39, 0.29) is 0 Å². The van der Waals surface area contributed by atoms with Crippen LogP contribution in [0.3, 0.4) is 0 Å². The first-order valence-corrected chi connectivity index (χ1v) is 5.35. The minimum Gasteiger partial charge on any atom is -0.379 e. The van der Waals surface area contributed by atoms with Gasteiger partial charge in [0.2, 0.25) is 0 Å². The predicted octanol–water partition coefficient (Wildman–Crippen LogP) is 3.93. The molecule has 0 saturated carbocycles. The van der Waals surface area contributed by atoms with Crippen molar-refractivity contribution in [1.82, 2.24) is 0 Å². The topological polar surface area (TPSA) is 12.0 Å². The zero-order valence-corrected chi connectivity index (χ0v) is 8.88. The molecule has 2 heteroatoms. The Kier molecular flexibility index (Phi) is 1.93. The van der Waals surface area contributed by atoms with Crippen LogP contribution in [0.25, 0.3) is 11.1 Å². The maximum Gasteiger partial charge on any atom is 0.0644 e. The lowest BCUT2D eigenvalue weighted by atomic mass is 9.95. The second kappa shape index (κ2) is 3.28. The van der Waals surface area contributed by atoms with E-state index in [1.54, 1.807) is 0 Å². The second-order valence-electron chi connectivity index (χ2n) is 3.67. The van der Waals surface area contributed by atoms with Crippen molar-refractivity contribution in [3.8, 4) is 11.1 Å². The molecule has 0 bridgehead atoms. The minimum atomic E-state index is 0.794. The number of para-hydroxylation sites is 1. The first kappa shape index (κ1) is 8.81. The summed E-state index contributed by atoms with van der Waals surface area (Å²) in [7, 11) is 0. The average molecular weight is 216 g/mol. The molecule has 1 N–H and O–H groups in total. The highest BCUT2D eigenvalue weighted by molar-refractivity contribution is 6.34. The highest BCUT2D eigenvalue weighted by Crippen LogP contribution is 2.39. The fourth-order valence-corrected chi connectivity index (χ4v) is 2.29. The molecular weight excluding hydrogens is 206 g/mol. The standard InChI is InChI=1S/C13H10ClN/c14-12-7-3-6-11-10-5-2-1-4-9(10)8-15-13(11)12/h1-7,15H,8H2. The summed E-state index contributed by atoms with van der Waals surface area (Å²) in [4.78, 5) is 0. The molecule has 0 spiro atoms. The van der Waals surface area contributed by atoms with Crippen LogP contribution < -0.4 is 5.32 Å². The normalized spacial score (nSPS) is 12.6. The van der Waals surface area contributed by atoms with Crippen molar-refractivity contribution >= 4 is 17.3 Å². The van der Waals surface area contributed by atoms with E-state index < -0.39 is 0 Å². The lowest BCUT2D eigenvalue weighted by molar-refractivity contribution is 1.13. The molecule has 0 radical (unpaired) electrons. The Morgan fingerprint density at radius 1 is 0.933 bits per heavy atom. The summed E-state index contributed by atoms with van der Waals surface area (Å²) in [5.74, 6) is 0. The first-order chi connectivity index (χ1) is 7.36. The second-order valence-corrected chi connectivity index (χ2v) is 4.08. The van der Waals surface area contributed by atoms with Gasteiger partial charge >= 0.3 is 0 Å². The third-order valence-corrected chi connectivity index (χ3v) is 3.09. The van der Waals surface area contributed by atoms with Crippen molar-refractivity contribution in [2.24, 2.45) is 0 Å². The van der Waals surface area contributed by atoms with Crippen molar-refractivity contribution in [3.05, 3.63) is 53.1 Å². The van der Waals surface area contributed by atoms with E-state index in [0.29, 0.717) is 0 Å². The monoisotopic (exact) mass is 215 g/mol. The highest BCUT2D eigenvalue weighted by atomic mass is 35.5. The summed E-state index contributed by atoms with van der Waals surface area (Å²) in [5.41, 5.74) is 4.86. The van der Waals surface area contributed by atoms with Crippen LogP contribution in [0.2, 0.25) is 5.02 Å². The van der Waals surface area contributed by atoms with Crippen LogP contribution in [0.4, 0.5) is 5.69 Å². The summed E-state index contributed by atoms with van der Waals surface area (Å²) in [6.45, 7) is 0.854. The minimum absolute atomic E-state index is 0.794. The lowest BCUT2D eigenvalue weighted by Crippen LogP contribution is -2.08. The lowest BCUT2D eigenvalue weighted by Gasteiger charge is -2.22. The summed E-state index contributed by atoms with van der Waals surface area (Å²) in [5, 5.41) is 4.15. The van der Waals surface area contributed by atoms with Gasteiger partial charge in [-0.3, -0.25) is 0 Å². The van der Waals surface area contributed by atoms with Crippen LogP contribution in [-0.4, -0.2) is 0 Å². The number of fused-ring (bicyclic) bond motifs is 3. The molecule has 0 amide bonds. The molecule has 0 unspecified atom stereocenters. The molecule has 0 atom stereocenters. The molecule has 3 rings (SSSR count). The summed E-state index contributed by atoms with van der Waals surface area (Å²) in [6.07, 6.45) is 0. The molecule has 1 aliphatic rings. The molecule has 2 aromatic rings. The molecule has 1 aliphatic heterocycles. The Bertz CT molecular complexity index is 520. The maximum absolute atomic E-state index is 6.15. The van der Waals surface area contributed by atoms with E-state index in [4.69, 9.17) is 11.6 Å². The molecular formula is C13H10ClN. The van der Waals surface area contributed by atoms with Crippen LogP contribution in [-0.2, 0) is 6.54 Å². The number of benzene rings is 2. The van der Waals surface area contributed by atoms with E-state index in [0.717, 1.165) is 17.3 Å². The zero-order valence-electron chi connectivity index (χ0n) is 8.13. The van der Waals surface area contributed by atoms with Crippen LogP contribution in [0, 0.1) is 0 Å². The van der Waals surface area contributed by atoms with Gasteiger partial charge in [-0.2, -0.15) is 0 Å². The van der Waals surface area contributed by atoms with Gasteiger partial charge in [-0.1, -0.05) is 48.0 Å². The van der Waals surface area contributed by atoms with E-state index in [1.165, 1.54) is 16.7 Å². The van der Waals surface area contributed by atoms with E-state index in [9.17, 15) is 0 Å². The zero-order chi connectivity index (χ0) is 10.3. The van der Waals surface area contributed by atoms with Gasteiger partial charge in [0.05, 0.1) is 10.7 Å². The average Bonchev–Trinajstić information content (AvgIpc) is 2.29. The van der Waals surface area contributed by atoms with Crippen molar-refractivity contribution in [3.63, 3.8) is 0 Å². The summed E-state index contributed by atoms with van der Waals surface area (Å²) in [6, 6.07) is 14.4. The molecule has 1 heterocycles. The molecule has 0 aliphatic carbocycles. The van der Waals surface area contributed by atoms with Crippen LogP contribution in [0.5, 0.6) is 0 Å². The fourth-order valence-electron chi connectivity index (χ4n) is 2.05. The Morgan fingerprint density at radius 3 is 2.67 bits per heavy atom. The quantitative estimate of drug-likeness (QED) is 0.702. The van der Waals surface area contributed by atoms with Gasteiger partial charge in [0, 0.05) is 12.1 Å². The van der Waals surface area contributed by atoms with Gasteiger partial charge in [-0.05, 0) is 17.2 Å². The van der Waals surface area contributed by atoms with Crippen LogP contribution in [0.1, 0.15) is 5.56 Å². The fraction of sp³-hybridized carbons (Fsp3) is 0.0769. The molecule has 0 aromatic heterocycles. The van der Waals surface area contributed by atoms with Crippen LogP contribution >= 0.6 is 11.6 Å². The predicted molar refractivity (Wildman–Crippen MR) is 64.2 cm³/mol. The Balaban J connectivity index is 2.30. The molecule has 74 valence electrons. The SMILES string of the molecule is Clc1cccc2c1NCc1ccccc1-2. The van der Waals surface area contributed by atoms with Gasteiger partial charge in [-0.25, -0.2) is 0 Å². The van der Waals surface area contributed by atoms with Gasteiger partial charge in [0.25, 0.3) is 0 Å². The maximum atomic E-state index is 6.15. The smallest absolute Gasteiger partial charge is 0.0644 e. The van der Waals surface area contributed by atoms with E-state index in [2.05, 4.69) is 35.6 Å². The van der Waals surface area contributed by atoms with Crippen molar-refractivity contribution in [2.75, 3.05) is 5.32 Å². The van der Waals surface area contributed by atoms with E-state index in [1.807, 2.05) is 12.1 Å². The van der Waals surface area contributed by atoms with Gasteiger partial charge in [0.1, 0.15) is 0 Å². The third-order valence-electron chi connectivity index (χ3n) is 2.78. The molecule has 1 nitrogen and oxygen atoms in total. The third kappa shape index (κ3) is 1.31. The largest absolute Gasteiger partial charge is 0.379 e. The van der Waals surface area contributed by atoms with Crippen molar-refractivity contribution < 1.29 is 0 Å². The number of hydrogen-bond acceptors (Lipinski definition) is 1. The number of nitrogens with one attached hydrogen (secondary N) is 1. The summed E-state index contributed by atoms with van der Waals surface area (Å²) >= 11 is 6.15. The van der Waals surface area contributed by atoms with Crippen LogP contribution in [0.15, 0.2) is 42.5 Å². The van der Waals surface area contributed by atoms with Crippen molar-refractivity contribution in [2.45, 2.75) is 6.54 Å². The van der Waals surface area contributed by atoms with Gasteiger partial charge in [0.15, 0.2) is 0 Å². The highest BCUT2D eigenvalue weighted by Gasteiger charge is 2.16. The Labute approximate surface area is 93.7 Å². The summed E-state index contributed by atoms with van der Waals surface area (Å²) < 4.78 is 0. The number of hydrogen-bond donors (Lipinski definition) is 1. The van der Waals surface area contributed by atoms with Gasteiger partial charge in [-0.15, -0.1) is 0 Å². The number of anilines is 1. The number of halogens is 1. The Morgan fingerprint density at radius 2 is 1.73 bits per heavy atom. The van der Waals surface area contributed by atoms with Gasteiger partial charge < -0.3 is 5.32 Å². The molecule has 0 saturated heterocycles. The molecule has 2 aromatic carbocycles. The van der Waals surface area contributed by atoms with Crippen molar-refractivity contribution in [1.29, 1.82) is 0 Å². The molecule has 0 fully saturated rings. The number of rotatable bonds is 0. The first-order valence-electron chi connectivity index (χ1n) is 4.97. The van der Waals surface area contributed by atoms with E-state index >= 15 is 0 Å². The Hall–Kier alpha value is -1.47. The molecule has 15 heavy (non-hydrogen) atoms.